The Kier molecular flexibility index (Phi) is 6.33. The normalized spacial score (nSPS) is 13.3. The molecule has 0 fully saturated rings. The highest BCUT2D eigenvalue weighted by Gasteiger charge is 2.49. The zero-order valence-corrected chi connectivity index (χ0v) is 14.7. The Bertz CT molecular complexity index is 825. The first kappa shape index (κ1) is 21.5. The van der Waals surface area contributed by atoms with E-state index in [9.17, 15) is 44.5 Å². The second-order valence-corrected chi connectivity index (χ2v) is 7.50. The molecule has 25 heavy (non-hydrogen) atoms. The van der Waals surface area contributed by atoms with Gasteiger partial charge < -0.3 is 14.0 Å². The summed E-state index contributed by atoms with van der Waals surface area (Å²) in [5.74, 6) is -13.8. The van der Waals surface area contributed by atoms with Gasteiger partial charge in [0.1, 0.15) is 3.92 Å². The quantitative estimate of drug-likeness (QED) is 0.115. The zero-order chi connectivity index (χ0) is 19.7. The van der Waals surface area contributed by atoms with Crippen molar-refractivity contribution in [3.63, 3.8) is 0 Å². The molecular weight excluding hydrogens is 498 g/mol. The van der Waals surface area contributed by atoms with Crippen molar-refractivity contribution < 1.29 is 54.0 Å². The first-order valence-electron chi connectivity index (χ1n) is 5.79. The van der Waals surface area contributed by atoms with Crippen molar-refractivity contribution in [1.82, 2.24) is 0 Å². The minimum Gasteiger partial charge on any atom is -0.743 e. The van der Waals surface area contributed by atoms with Crippen LogP contribution in [0.3, 0.4) is 0 Å². The summed E-state index contributed by atoms with van der Waals surface area (Å²) < 4.78 is 104. The Morgan fingerprint density at radius 1 is 1.20 bits per heavy atom. The van der Waals surface area contributed by atoms with E-state index in [4.69, 9.17) is 0 Å². The third-order valence-electron chi connectivity index (χ3n) is 2.36. The number of alkyl halides is 3. The summed E-state index contributed by atoms with van der Waals surface area (Å²) in [7, 11) is -6.53. The fourth-order valence-electron chi connectivity index (χ4n) is 1.17. The lowest BCUT2D eigenvalue weighted by Crippen LogP contribution is -2.40. The number of rotatable bonds is 5. The summed E-state index contributed by atoms with van der Waals surface area (Å²) in [4.78, 5) is 22.2. The Balaban J connectivity index is 3.25. The average Bonchev–Trinajstić information content (AvgIpc) is 2.47. The molecule has 0 N–H and O–H groups in total. The molecule has 7 nitrogen and oxygen atoms in total. The van der Waals surface area contributed by atoms with E-state index >= 15 is 0 Å². The van der Waals surface area contributed by atoms with E-state index in [1.807, 2.05) is 0 Å². The van der Waals surface area contributed by atoms with Crippen LogP contribution in [0.2, 0.25) is 0 Å². The van der Waals surface area contributed by atoms with Crippen molar-refractivity contribution in [1.29, 1.82) is 0 Å². The van der Waals surface area contributed by atoms with Crippen LogP contribution in [0.5, 0.6) is 11.5 Å². The van der Waals surface area contributed by atoms with Gasteiger partial charge in [0.05, 0.1) is 0 Å². The Morgan fingerprint density at radius 3 is 2.16 bits per heavy atom. The molecule has 0 aliphatic heterocycles. The number of ether oxygens (including phenoxy) is 2. The van der Waals surface area contributed by atoms with Crippen LogP contribution >= 0.6 is 22.6 Å². The van der Waals surface area contributed by atoms with Crippen LogP contribution in [-0.2, 0) is 19.7 Å². The summed E-state index contributed by atoms with van der Waals surface area (Å²) in [6, 6.07) is -0.149. The first-order valence-corrected chi connectivity index (χ1v) is 8.44. The van der Waals surface area contributed by atoms with Crippen LogP contribution < -0.4 is 9.47 Å². The van der Waals surface area contributed by atoms with Gasteiger partial charge in [-0.2, -0.15) is 17.6 Å². The molecule has 14 heteroatoms. The minimum atomic E-state index is -6.53. The zero-order valence-electron chi connectivity index (χ0n) is 11.7. The maximum Gasteiger partial charge on any atom is 0.429 e. The molecule has 0 radical (unpaired) electrons. The molecule has 0 aromatic heterocycles. The molecule has 0 aliphatic carbocycles. The van der Waals surface area contributed by atoms with Gasteiger partial charge in [-0.3, -0.25) is 4.79 Å². The molecule has 0 spiro atoms. The van der Waals surface area contributed by atoms with Gasteiger partial charge in [-0.15, -0.1) is 0 Å². The second-order valence-electron chi connectivity index (χ2n) is 4.21. The SMILES string of the molecule is CC(I)C(=O)Oc1c(F)cc(OC(=O)C(F)(F)S(=O)(=O)[O-])c(F)c1F. The van der Waals surface area contributed by atoms with Crippen molar-refractivity contribution in [2.24, 2.45) is 0 Å². The van der Waals surface area contributed by atoms with Crippen LogP contribution in [-0.4, -0.2) is 34.1 Å². The molecule has 0 aliphatic rings. The van der Waals surface area contributed by atoms with Gasteiger partial charge in [0.25, 0.3) is 0 Å². The molecule has 0 saturated heterocycles. The van der Waals surface area contributed by atoms with Crippen LogP contribution in [0.4, 0.5) is 22.0 Å². The standard InChI is InChI=1S/C11H6F5IO7S/c1-3(17)9(18)24-8-4(12)2-5(6(13)7(8)14)23-10(19)11(15,16)25(20,21)22/h2-3H,1H3,(H,20,21,22)/p-1. The van der Waals surface area contributed by atoms with E-state index in [1.54, 1.807) is 0 Å². The maximum atomic E-state index is 13.7. The molecule has 0 saturated carbocycles. The molecule has 0 heterocycles. The van der Waals surface area contributed by atoms with E-state index < -0.39 is 60.2 Å². The fourth-order valence-corrected chi connectivity index (χ4v) is 1.54. The third-order valence-corrected chi connectivity index (χ3v) is 3.67. The summed E-state index contributed by atoms with van der Waals surface area (Å²) in [5, 5.41) is -5.63. The van der Waals surface area contributed by atoms with Gasteiger partial charge in [0.15, 0.2) is 21.7 Å². The van der Waals surface area contributed by atoms with Crippen LogP contribution in [0.25, 0.3) is 0 Å². The van der Waals surface area contributed by atoms with Crippen molar-refractivity contribution in [3.8, 4) is 11.5 Å². The first-order chi connectivity index (χ1) is 11.2. The van der Waals surface area contributed by atoms with Crippen molar-refractivity contribution in [2.75, 3.05) is 0 Å². The molecule has 0 bridgehead atoms. The monoisotopic (exact) mass is 503 g/mol. The fraction of sp³-hybridized carbons (Fsp3) is 0.273. The molecule has 140 valence electrons. The number of hydrogen-bond donors (Lipinski definition) is 0. The summed E-state index contributed by atoms with van der Waals surface area (Å²) in [5.41, 5.74) is 0. The van der Waals surface area contributed by atoms with Crippen LogP contribution in [0.1, 0.15) is 6.92 Å². The van der Waals surface area contributed by atoms with Crippen molar-refractivity contribution in [2.45, 2.75) is 16.1 Å². The van der Waals surface area contributed by atoms with Crippen molar-refractivity contribution in [3.05, 3.63) is 23.5 Å². The largest absolute Gasteiger partial charge is 0.743 e. The predicted octanol–water partition coefficient (Wildman–Crippen LogP) is 1.88. The minimum absolute atomic E-state index is 0.149. The van der Waals surface area contributed by atoms with Crippen molar-refractivity contribution >= 4 is 44.6 Å². The number of carbonyl (C=O) groups excluding carboxylic acids is 2. The maximum absolute atomic E-state index is 13.7. The highest BCUT2D eigenvalue weighted by atomic mass is 127. The second kappa shape index (κ2) is 7.36. The molecular formula is C11H5F5IO7S-. The molecule has 1 aromatic rings. The van der Waals surface area contributed by atoms with Gasteiger partial charge in [-0.25, -0.2) is 17.6 Å². The lowest BCUT2D eigenvalue weighted by molar-refractivity contribution is -0.151. The number of carbonyl (C=O) groups is 2. The number of benzene rings is 1. The predicted molar refractivity (Wildman–Crippen MR) is 75.7 cm³/mol. The third kappa shape index (κ3) is 4.55. The Morgan fingerprint density at radius 2 is 1.72 bits per heavy atom. The van der Waals surface area contributed by atoms with E-state index in [0.29, 0.717) is 0 Å². The average molecular weight is 503 g/mol. The van der Waals surface area contributed by atoms with E-state index in [1.165, 1.54) is 29.5 Å². The topological polar surface area (TPSA) is 110 Å². The number of halogens is 6. The molecule has 0 amide bonds. The summed E-state index contributed by atoms with van der Waals surface area (Å²) >= 11 is 1.51. The summed E-state index contributed by atoms with van der Waals surface area (Å²) in [6.07, 6.45) is 0. The molecule has 1 rings (SSSR count). The lowest BCUT2D eigenvalue weighted by atomic mass is 10.2. The van der Waals surface area contributed by atoms with Gasteiger partial charge >= 0.3 is 17.2 Å². The Hall–Kier alpha value is -1.55. The Labute approximate surface area is 150 Å². The van der Waals surface area contributed by atoms with Gasteiger partial charge in [-0.05, 0) is 6.92 Å². The van der Waals surface area contributed by atoms with Gasteiger partial charge in [0, 0.05) is 6.07 Å². The molecule has 1 unspecified atom stereocenters. The molecule has 1 aromatic carbocycles. The van der Waals surface area contributed by atoms with Crippen LogP contribution in [0, 0.1) is 17.5 Å². The molecule has 1 atom stereocenters. The highest BCUT2D eigenvalue weighted by Crippen LogP contribution is 2.33. The van der Waals surface area contributed by atoms with E-state index in [-0.39, 0.29) is 6.07 Å². The van der Waals surface area contributed by atoms with Gasteiger partial charge in [0.2, 0.25) is 17.4 Å². The smallest absolute Gasteiger partial charge is 0.429 e. The van der Waals surface area contributed by atoms with Crippen LogP contribution in [0.15, 0.2) is 6.07 Å². The van der Waals surface area contributed by atoms with Gasteiger partial charge in [-0.1, -0.05) is 22.6 Å². The lowest BCUT2D eigenvalue weighted by Gasteiger charge is -2.18. The summed E-state index contributed by atoms with van der Waals surface area (Å²) in [6.45, 7) is 1.27. The highest BCUT2D eigenvalue weighted by molar-refractivity contribution is 14.1. The van der Waals surface area contributed by atoms with E-state index in [2.05, 4.69) is 9.47 Å². The number of esters is 2. The number of hydrogen-bond acceptors (Lipinski definition) is 7. The van der Waals surface area contributed by atoms with E-state index in [0.717, 1.165) is 0 Å².